The molecule has 0 aliphatic heterocycles. The average molecular weight is 355 g/mol. The van der Waals surface area contributed by atoms with Crippen LogP contribution in [-0.4, -0.2) is 16.0 Å². The third kappa shape index (κ3) is 3.67. The minimum absolute atomic E-state index is 0.161. The van der Waals surface area contributed by atoms with Crippen LogP contribution in [0.3, 0.4) is 0 Å². The normalized spacial score (nSPS) is 11.2. The van der Waals surface area contributed by atoms with Gasteiger partial charge in [0.1, 0.15) is 0 Å². The summed E-state index contributed by atoms with van der Waals surface area (Å²) in [5.41, 5.74) is 8.00. The molecule has 0 saturated carbocycles. The molecule has 0 atom stereocenters. The number of hydrogen-bond acceptors (Lipinski definition) is 3. The topological polar surface area (TPSA) is 62.2 Å². The fraction of sp³-hybridized carbons (Fsp3) is 0.158. The first-order chi connectivity index (χ1) is 12.0. The Morgan fingerprint density at radius 2 is 1.84 bits per heavy atom. The molecule has 0 bridgehead atoms. The van der Waals surface area contributed by atoms with Crippen LogP contribution in [0.5, 0.6) is 0 Å². The first-order valence-electron chi connectivity index (χ1n) is 7.89. The Morgan fingerprint density at radius 3 is 2.52 bits per heavy atom. The molecule has 0 fully saturated rings. The summed E-state index contributed by atoms with van der Waals surface area (Å²) in [4.78, 5) is 12.6. The van der Waals surface area contributed by atoms with Crippen molar-refractivity contribution in [1.29, 1.82) is 0 Å². The Kier molecular flexibility index (Phi) is 4.76. The molecule has 2 aromatic carbocycles. The number of anilines is 1. The lowest BCUT2D eigenvalue weighted by atomic mass is 10.1. The van der Waals surface area contributed by atoms with Crippen molar-refractivity contribution in [2.45, 2.75) is 20.8 Å². The van der Waals surface area contributed by atoms with E-state index >= 15 is 0 Å². The summed E-state index contributed by atoms with van der Waals surface area (Å²) in [5.74, 6) is 0. The Labute approximate surface area is 150 Å². The van der Waals surface area contributed by atoms with Gasteiger partial charge in [-0.15, -0.1) is 0 Å². The highest BCUT2D eigenvalue weighted by molar-refractivity contribution is 6.30. The molecule has 0 spiro atoms. The SMILES string of the molecule is Cc1ccc(NN=Cc2c(C)[nH]n(-c3ccc(Cl)cc3)c2=O)c(C)c1. The van der Waals surface area contributed by atoms with Crippen molar-refractivity contribution in [2.75, 3.05) is 5.43 Å². The van der Waals surface area contributed by atoms with Gasteiger partial charge in [-0.1, -0.05) is 29.3 Å². The molecule has 0 radical (unpaired) electrons. The monoisotopic (exact) mass is 354 g/mol. The number of hydrazone groups is 1. The van der Waals surface area contributed by atoms with E-state index in [-0.39, 0.29) is 5.56 Å². The lowest BCUT2D eigenvalue weighted by Gasteiger charge is -2.05. The molecule has 3 aromatic rings. The Bertz CT molecular complexity index is 984. The van der Waals surface area contributed by atoms with E-state index in [9.17, 15) is 4.79 Å². The molecule has 0 unspecified atom stereocenters. The van der Waals surface area contributed by atoms with Gasteiger partial charge in [-0.2, -0.15) is 5.10 Å². The van der Waals surface area contributed by atoms with Crippen molar-refractivity contribution in [3.05, 3.63) is 80.2 Å². The molecule has 0 aliphatic carbocycles. The van der Waals surface area contributed by atoms with Gasteiger partial charge in [-0.3, -0.25) is 15.3 Å². The van der Waals surface area contributed by atoms with E-state index in [0.717, 1.165) is 22.6 Å². The smallest absolute Gasteiger partial charge is 0.280 e. The largest absolute Gasteiger partial charge is 0.295 e. The maximum Gasteiger partial charge on any atom is 0.280 e. The van der Waals surface area contributed by atoms with Crippen molar-refractivity contribution in [1.82, 2.24) is 9.78 Å². The zero-order valence-electron chi connectivity index (χ0n) is 14.3. The first-order valence-corrected chi connectivity index (χ1v) is 8.27. The zero-order valence-corrected chi connectivity index (χ0v) is 15.1. The molecule has 128 valence electrons. The minimum Gasteiger partial charge on any atom is -0.295 e. The van der Waals surface area contributed by atoms with E-state index in [1.54, 1.807) is 30.5 Å². The number of rotatable bonds is 4. The van der Waals surface area contributed by atoms with Gasteiger partial charge in [0.15, 0.2) is 0 Å². The van der Waals surface area contributed by atoms with Crippen LogP contribution in [0.25, 0.3) is 5.69 Å². The quantitative estimate of drug-likeness (QED) is 0.545. The summed E-state index contributed by atoms with van der Waals surface area (Å²) >= 11 is 5.90. The summed E-state index contributed by atoms with van der Waals surface area (Å²) in [5, 5.41) is 7.90. The molecule has 6 heteroatoms. The summed E-state index contributed by atoms with van der Waals surface area (Å²) in [6.45, 7) is 5.90. The molecule has 1 heterocycles. The number of nitrogens with zero attached hydrogens (tertiary/aromatic N) is 2. The van der Waals surface area contributed by atoms with Gasteiger partial charge >= 0.3 is 0 Å². The van der Waals surface area contributed by atoms with Crippen LogP contribution >= 0.6 is 11.6 Å². The predicted octanol–water partition coefficient (Wildman–Crippen LogP) is 4.19. The molecular formula is C19H19ClN4O. The van der Waals surface area contributed by atoms with Crippen molar-refractivity contribution in [2.24, 2.45) is 5.10 Å². The second-order valence-electron chi connectivity index (χ2n) is 5.96. The molecule has 0 amide bonds. The number of H-pyrrole nitrogens is 1. The first kappa shape index (κ1) is 17.0. The number of aromatic amines is 1. The van der Waals surface area contributed by atoms with Crippen LogP contribution in [0, 0.1) is 20.8 Å². The standard InChI is InChI=1S/C19H19ClN4O/c1-12-4-9-18(13(2)10-12)22-21-11-17-14(3)23-24(19(17)25)16-7-5-15(20)6-8-16/h4-11,22-23H,1-3H3. The van der Waals surface area contributed by atoms with E-state index in [1.165, 1.54) is 10.2 Å². The minimum atomic E-state index is -0.161. The molecule has 25 heavy (non-hydrogen) atoms. The Morgan fingerprint density at radius 1 is 1.12 bits per heavy atom. The molecule has 3 rings (SSSR count). The maximum atomic E-state index is 12.6. The molecule has 1 aromatic heterocycles. The van der Waals surface area contributed by atoms with Gasteiger partial charge in [-0.25, -0.2) is 4.68 Å². The molecular weight excluding hydrogens is 336 g/mol. The average Bonchev–Trinajstić information content (AvgIpc) is 2.85. The summed E-state index contributed by atoms with van der Waals surface area (Å²) in [6.07, 6.45) is 1.54. The summed E-state index contributed by atoms with van der Waals surface area (Å²) < 4.78 is 1.48. The molecule has 0 aliphatic rings. The van der Waals surface area contributed by atoms with Crippen molar-refractivity contribution in [3.63, 3.8) is 0 Å². The predicted molar refractivity (Wildman–Crippen MR) is 103 cm³/mol. The summed E-state index contributed by atoms with van der Waals surface area (Å²) in [6, 6.07) is 13.1. The van der Waals surface area contributed by atoms with Crippen LogP contribution in [0.15, 0.2) is 52.4 Å². The molecule has 2 N–H and O–H groups in total. The van der Waals surface area contributed by atoms with Crippen LogP contribution in [0.2, 0.25) is 5.02 Å². The molecule has 0 saturated heterocycles. The van der Waals surface area contributed by atoms with E-state index in [4.69, 9.17) is 11.6 Å². The van der Waals surface area contributed by atoms with Crippen molar-refractivity contribution >= 4 is 23.5 Å². The van der Waals surface area contributed by atoms with E-state index in [1.807, 2.05) is 32.9 Å². The lowest BCUT2D eigenvalue weighted by molar-refractivity contribution is 0.835. The van der Waals surface area contributed by atoms with E-state index in [2.05, 4.69) is 21.7 Å². The highest BCUT2D eigenvalue weighted by Crippen LogP contribution is 2.16. The van der Waals surface area contributed by atoms with Gasteiger partial charge < -0.3 is 0 Å². The highest BCUT2D eigenvalue weighted by Gasteiger charge is 2.10. The second kappa shape index (κ2) is 6.99. The van der Waals surface area contributed by atoms with E-state index < -0.39 is 0 Å². The number of aromatic nitrogens is 2. The van der Waals surface area contributed by atoms with Gasteiger partial charge in [0, 0.05) is 10.7 Å². The molecule has 5 nitrogen and oxygen atoms in total. The maximum absolute atomic E-state index is 12.6. The Hall–Kier alpha value is -2.79. The number of benzene rings is 2. The fourth-order valence-electron chi connectivity index (χ4n) is 2.59. The van der Waals surface area contributed by atoms with Crippen LogP contribution in [-0.2, 0) is 0 Å². The van der Waals surface area contributed by atoms with Gasteiger partial charge in [0.05, 0.1) is 23.2 Å². The van der Waals surface area contributed by atoms with Gasteiger partial charge in [0.25, 0.3) is 5.56 Å². The second-order valence-corrected chi connectivity index (χ2v) is 6.39. The van der Waals surface area contributed by atoms with Crippen molar-refractivity contribution in [3.8, 4) is 5.69 Å². The lowest BCUT2D eigenvalue weighted by Crippen LogP contribution is -2.17. The number of halogens is 1. The Balaban J connectivity index is 1.85. The third-order valence-electron chi connectivity index (χ3n) is 3.96. The van der Waals surface area contributed by atoms with Gasteiger partial charge in [0.2, 0.25) is 0 Å². The van der Waals surface area contributed by atoms with Gasteiger partial charge in [-0.05, 0) is 56.7 Å². The zero-order chi connectivity index (χ0) is 18.0. The van der Waals surface area contributed by atoms with E-state index in [0.29, 0.717) is 10.6 Å². The number of aryl methyl sites for hydroxylation is 3. The number of hydrogen-bond donors (Lipinski definition) is 2. The number of nitrogens with one attached hydrogen (secondary N) is 2. The van der Waals surface area contributed by atoms with Crippen LogP contribution < -0.4 is 11.0 Å². The van der Waals surface area contributed by atoms with Crippen molar-refractivity contribution < 1.29 is 0 Å². The van der Waals surface area contributed by atoms with Crippen LogP contribution in [0.4, 0.5) is 5.69 Å². The fourth-order valence-corrected chi connectivity index (χ4v) is 2.71. The third-order valence-corrected chi connectivity index (χ3v) is 4.21. The summed E-state index contributed by atoms with van der Waals surface area (Å²) in [7, 11) is 0. The highest BCUT2D eigenvalue weighted by atomic mass is 35.5. The van der Waals surface area contributed by atoms with Crippen LogP contribution in [0.1, 0.15) is 22.4 Å².